The number of rotatable bonds is 31. The largest absolute Gasteiger partial charge is 0.471 e. The molecule has 0 fully saturated rings. The average Bonchev–Trinajstić information content (AvgIpc) is 0.802. The number of benzene rings is 6. The van der Waals surface area contributed by atoms with Gasteiger partial charge >= 0.3 is 66.4 Å². The zero-order valence-corrected chi connectivity index (χ0v) is 81.0. The molecule has 0 heterocycles. The number of nitrogens with one attached hydrogen (secondary N) is 8. The Morgan fingerprint density at radius 1 is 0.413 bits per heavy atom. The lowest BCUT2D eigenvalue weighted by Gasteiger charge is -2.36. The number of carbonyl (C=O) groups is 6. The highest BCUT2D eigenvalue weighted by atomic mass is 32.2. The van der Waals surface area contributed by atoms with Gasteiger partial charge in [0.25, 0.3) is 0 Å². The SMILES string of the molecule is C=C(C)C[C@](C)(N=C=S)c1cc(NC(=O)C(F)(F)F)ccc1F.C=C(C)C[C@](C)(NC(N)=S)c1cc(N)ccc1F.CC(C)(O)C[C@](C)(N)c1cc(NC(=O)C(F)(F)F)ccc1F.CC(C)(O)C[C@](C)(N=C=S)c1cc(NC(=O)C(F)(F)F)ccc1F.CCOC(=O)C[C@](C)(N[S@@](C)=O)c1cc(NC(=O)C(F)(F)F)ccc1F.C[S@@](=O)N[C@@](C)(CC(C)(C)O)c1cc(NC(=O)C(F)(F)F)ccc1F. The number of hydrogen-bond donors (Lipinski definition) is 14. The van der Waals surface area contributed by atoms with Crippen molar-refractivity contribution in [2.24, 2.45) is 21.5 Å². The van der Waals surface area contributed by atoms with Gasteiger partial charge in [-0.05, 0) is 275 Å². The molecule has 0 aromatic heterocycles. The number of amides is 5. The van der Waals surface area contributed by atoms with Gasteiger partial charge in [-0.3, -0.25) is 28.8 Å². The van der Waals surface area contributed by atoms with Crippen LogP contribution in [0.25, 0.3) is 0 Å². The second-order valence-electron chi connectivity index (χ2n) is 34.2. The van der Waals surface area contributed by atoms with Crippen molar-refractivity contribution in [3.8, 4) is 0 Å². The molecule has 51 heteroatoms. The Morgan fingerprint density at radius 3 is 0.971 bits per heavy atom. The van der Waals surface area contributed by atoms with E-state index in [0.717, 1.165) is 96.6 Å². The number of hydrogen-bond acceptors (Lipinski definition) is 19. The molecular weight excluding hydrogens is 1980 g/mol. The van der Waals surface area contributed by atoms with Gasteiger partial charge in [0.05, 0.1) is 89.8 Å². The molecule has 0 aliphatic rings. The molecule has 0 radical (unpaired) electrons. The molecule has 0 saturated heterocycles. The molecule has 6 aromatic carbocycles. The number of nitrogen functional groups attached to an aromatic ring is 1. The van der Waals surface area contributed by atoms with Crippen molar-refractivity contribution in [1.29, 1.82) is 0 Å². The maximum Gasteiger partial charge on any atom is 0.471 e. The lowest BCUT2D eigenvalue weighted by molar-refractivity contribution is -0.167. The van der Waals surface area contributed by atoms with Crippen LogP contribution in [-0.4, -0.2) is 141 Å². The van der Waals surface area contributed by atoms with Crippen LogP contribution >= 0.6 is 36.7 Å². The zero-order valence-electron chi connectivity index (χ0n) is 76.9. The number of isothiocyanates is 2. The van der Waals surface area contributed by atoms with Crippen LogP contribution < -0.4 is 58.5 Å². The lowest BCUT2D eigenvalue weighted by atomic mass is 9.82. The van der Waals surface area contributed by atoms with E-state index in [-0.39, 0.29) is 99.5 Å². The van der Waals surface area contributed by atoms with Gasteiger partial charge in [-0.1, -0.05) is 11.1 Å². The van der Waals surface area contributed by atoms with E-state index < -0.39 is 174 Å². The first-order valence-corrected chi connectivity index (χ1v) is 44.0. The number of carbonyl (C=O) groups excluding carboxylic acids is 6. The first kappa shape index (κ1) is 125. The summed E-state index contributed by atoms with van der Waals surface area (Å²) < 4.78 is 303. The molecule has 0 aliphatic carbocycles. The molecule has 0 aliphatic heterocycles. The van der Waals surface area contributed by atoms with Crippen molar-refractivity contribution >= 4 is 144 Å². The first-order chi connectivity index (χ1) is 62.3. The van der Waals surface area contributed by atoms with Crippen LogP contribution in [0.1, 0.15) is 176 Å². The fraction of sp³-hybridized carbons (Fsp3) is 0.437. The molecular formula is C87H104F21N13O12S5. The number of thiocarbonyl (C=S) groups is 3. The number of halogens is 21. The van der Waals surface area contributed by atoms with Crippen LogP contribution in [0.2, 0.25) is 0 Å². The molecule has 25 nitrogen and oxygen atoms in total. The first-order valence-electron chi connectivity index (χ1n) is 39.6. The fourth-order valence-corrected chi connectivity index (χ4v) is 15.8. The smallest absolute Gasteiger partial charge is 0.466 e. The second-order valence-corrected chi connectivity index (χ2v) is 37.2. The summed E-state index contributed by atoms with van der Waals surface area (Å²) in [6.45, 7) is 30.6. The van der Waals surface area contributed by atoms with Gasteiger partial charge in [-0.15, -0.1) is 13.2 Å². The molecule has 0 bridgehead atoms. The van der Waals surface area contributed by atoms with Crippen LogP contribution in [0.3, 0.4) is 0 Å². The third-order valence-corrected chi connectivity index (χ3v) is 19.9. The van der Waals surface area contributed by atoms with Crippen LogP contribution in [0.4, 0.5) is 126 Å². The lowest BCUT2D eigenvalue weighted by Crippen LogP contribution is -2.46. The third kappa shape index (κ3) is 43.0. The van der Waals surface area contributed by atoms with E-state index in [4.69, 9.17) is 34.2 Å². The summed E-state index contributed by atoms with van der Waals surface area (Å²) in [6.07, 6.45) is -22.7. The van der Waals surface area contributed by atoms with Crippen molar-refractivity contribution in [3.05, 3.63) is 202 Å². The van der Waals surface area contributed by atoms with E-state index in [2.05, 4.69) is 72.7 Å². The minimum absolute atomic E-state index is 0.0159. The molecule has 138 heavy (non-hydrogen) atoms. The number of anilines is 6. The van der Waals surface area contributed by atoms with Crippen LogP contribution in [0.15, 0.2) is 143 Å². The van der Waals surface area contributed by atoms with Crippen LogP contribution in [-0.2, 0) is 88.7 Å². The molecule has 6 rings (SSSR count). The van der Waals surface area contributed by atoms with E-state index >= 15 is 0 Å². The Bertz CT molecular complexity index is 5490. The van der Waals surface area contributed by atoms with Crippen molar-refractivity contribution in [2.75, 3.05) is 51.4 Å². The molecule has 766 valence electrons. The maximum absolute atomic E-state index is 14.3. The quantitative estimate of drug-likeness (QED) is 0.00480. The highest BCUT2D eigenvalue weighted by Crippen LogP contribution is 2.42. The van der Waals surface area contributed by atoms with Gasteiger partial charge in [-0.25, -0.2) is 54.2 Å². The fourth-order valence-electron chi connectivity index (χ4n) is 13.6. The molecule has 0 spiro atoms. The van der Waals surface area contributed by atoms with E-state index in [1.807, 2.05) is 13.8 Å². The van der Waals surface area contributed by atoms with Gasteiger partial charge in [0, 0.05) is 92.0 Å². The normalized spacial score (nSPS) is 14.8. The number of ether oxygens (including phenoxy) is 1. The van der Waals surface area contributed by atoms with Crippen LogP contribution in [0.5, 0.6) is 0 Å². The van der Waals surface area contributed by atoms with Gasteiger partial charge in [0.2, 0.25) is 0 Å². The van der Waals surface area contributed by atoms with E-state index in [9.17, 15) is 145 Å². The summed E-state index contributed by atoms with van der Waals surface area (Å²) in [4.78, 5) is 74.6. The molecule has 17 N–H and O–H groups in total. The Hall–Kier alpha value is -10.7. The predicted molar refractivity (Wildman–Crippen MR) is 492 cm³/mol. The summed E-state index contributed by atoms with van der Waals surface area (Å²) in [7, 11) is -3.29. The Morgan fingerprint density at radius 2 is 0.681 bits per heavy atom. The Balaban J connectivity index is 0.000000830. The molecule has 6 aromatic rings. The van der Waals surface area contributed by atoms with Crippen molar-refractivity contribution in [1.82, 2.24) is 14.8 Å². The van der Waals surface area contributed by atoms with Crippen molar-refractivity contribution in [3.63, 3.8) is 0 Å². The number of aliphatic hydroxyl groups is 3. The van der Waals surface area contributed by atoms with Gasteiger partial charge in [0.1, 0.15) is 34.9 Å². The number of aliphatic imine (C=N–C) groups is 2. The molecule has 0 unspecified atom stereocenters. The predicted octanol–water partition coefficient (Wildman–Crippen LogP) is 18.5. The van der Waals surface area contributed by atoms with E-state index in [1.165, 1.54) is 93.9 Å². The standard InChI is InChI=1S/C15H18F4N2O4S.C15H20F4N2O3S.C15H16F4N2O2S.C15H14F4N2OS.C14H18F4N2O2.C13H18FN3S/c1-4-25-12(22)8-14(2,21-26(3)24)10-7-9(5-6-11(10)16)20-13(23)15(17,18)19;1-13(2,23)8-14(3,21-25(4)24)10-7-9(5-6-11(10)16)20-12(22)15(17,18)19;1-13(2,23)7-14(3,20-8-24)10-6-9(4-5-11(10)16)21-12(22)15(17,18)19;1-9(2)7-14(3,20-8-23)11-6-10(4-5-12(11)16)21-13(22)15(17,18)19;1-12(2,22)7-13(3,19)9-6-8(4-5-10(9)15)20-11(21)14(16,17)18;1-8(2)7-13(3,17-12(16)18)10-6-9(15)4-5-11(10)14/h5-7,21H,4,8H2,1-3H3,(H,20,23);5-7,21,23H,8H2,1-4H3,(H,20,22);4-6,23H,7H2,1-3H3,(H,21,22);4-6H,1,7H2,2-3H3,(H,21,22);4-6,22H,7,19H2,1-3H3,(H,20,21);4-6H,1,7,15H2,2-3H3,(H3,16,17,18)/t14-,26+;14-,25+;2*14-;2*13-/m000000/s1. The summed E-state index contributed by atoms with van der Waals surface area (Å²) in [5, 5.41) is 45.4. The summed E-state index contributed by atoms with van der Waals surface area (Å²) in [5.41, 5.74) is 6.46. The van der Waals surface area contributed by atoms with Gasteiger partial charge < -0.3 is 69.2 Å². The number of nitrogens with zero attached hydrogens (tertiary/aromatic N) is 2. The van der Waals surface area contributed by atoms with Gasteiger partial charge in [0.15, 0.2) is 5.11 Å². The molecule has 0 saturated carbocycles. The van der Waals surface area contributed by atoms with E-state index in [1.54, 1.807) is 53.4 Å². The van der Waals surface area contributed by atoms with Crippen molar-refractivity contribution < 1.29 is 149 Å². The Labute approximate surface area is 801 Å². The summed E-state index contributed by atoms with van der Waals surface area (Å²) in [5.74, 6) is -15.8. The zero-order chi connectivity index (χ0) is 108. The van der Waals surface area contributed by atoms with Crippen LogP contribution in [0, 0.1) is 34.9 Å². The minimum atomic E-state index is -5.12. The summed E-state index contributed by atoms with van der Waals surface area (Å²) >= 11 is 14.0. The number of alkyl halides is 15. The van der Waals surface area contributed by atoms with Crippen molar-refractivity contribution in [2.45, 2.75) is 223 Å². The third-order valence-electron chi connectivity index (χ3n) is 18.1. The average molecular weight is 2080 g/mol. The summed E-state index contributed by atoms with van der Waals surface area (Å²) in [6, 6.07) is 19.0. The molecule has 8 atom stereocenters. The highest BCUT2D eigenvalue weighted by Gasteiger charge is 2.46. The van der Waals surface area contributed by atoms with Gasteiger partial charge in [-0.2, -0.15) is 65.9 Å². The number of nitrogens with two attached hydrogens (primary N) is 3. The Kier molecular flexibility index (Phi) is 45.8. The maximum atomic E-state index is 14.3. The topological polar surface area (TPSA) is 405 Å². The number of esters is 1. The molecule has 5 amide bonds. The highest BCUT2D eigenvalue weighted by molar-refractivity contribution is 7.82. The van der Waals surface area contributed by atoms with E-state index in [0.29, 0.717) is 23.2 Å². The second kappa shape index (κ2) is 50.4. The minimum Gasteiger partial charge on any atom is -0.466 e. The monoisotopic (exact) mass is 2080 g/mol.